The minimum Gasteiger partial charge on any atom is -0.805 e. The summed E-state index contributed by atoms with van der Waals surface area (Å²) in [5, 5.41) is 23.1. The Bertz CT molecular complexity index is 767. The molecule has 0 spiro atoms. The zero-order valence-corrected chi connectivity index (χ0v) is 10.5. The molecule has 1 aliphatic carbocycles. The van der Waals surface area contributed by atoms with E-state index in [-0.39, 0.29) is 11.4 Å². The number of fused-ring (bicyclic) bond motifs is 1. The van der Waals surface area contributed by atoms with Crippen LogP contribution in [0.2, 0.25) is 0 Å². The summed E-state index contributed by atoms with van der Waals surface area (Å²) in [5.41, 5.74) is 1.36. The molecule has 2 aromatic rings. The summed E-state index contributed by atoms with van der Waals surface area (Å²) in [6, 6.07) is 5.72. The number of nitro benzene ring substituents is 1. The van der Waals surface area contributed by atoms with Crippen LogP contribution in [0.3, 0.4) is 0 Å². The minimum absolute atomic E-state index is 0.111. The van der Waals surface area contributed by atoms with Crippen LogP contribution in [0.25, 0.3) is 11.3 Å². The molecular weight excluding hydrogens is 262 g/mol. The van der Waals surface area contributed by atoms with E-state index in [0.717, 1.165) is 11.2 Å². The van der Waals surface area contributed by atoms with E-state index in [2.05, 4.69) is 0 Å². The minimum atomic E-state index is -0.530. The number of aromatic nitrogens is 2. The average molecular weight is 273 g/mol. The van der Waals surface area contributed by atoms with Crippen molar-refractivity contribution in [3.05, 3.63) is 62.1 Å². The lowest BCUT2D eigenvalue weighted by molar-refractivity contribution is -0.504. The summed E-state index contributed by atoms with van der Waals surface area (Å²) in [6.07, 6.45) is 3.12. The van der Waals surface area contributed by atoms with Crippen molar-refractivity contribution in [2.45, 2.75) is 19.3 Å². The van der Waals surface area contributed by atoms with Gasteiger partial charge in [0.05, 0.1) is 15.0 Å². The molecule has 0 unspecified atom stereocenters. The monoisotopic (exact) mass is 273 g/mol. The van der Waals surface area contributed by atoms with E-state index in [4.69, 9.17) is 0 Å². The topological polar surface area (TPSA) is 94.1 Å². The number of hydrogen-bond acceptors (Lipinski definition) is 4. The molecule has 3 rings (SSSR count). The highest BCUT2D eigenvalue weighted by Crippen LogP contribution is 2.26. The molecule has 0 atom stereocenters. The third kappa shape index (κ3) is 1.83. The summed E-state index contributed by atoms with van der Waals surface area (Å²) in [5.74, 6) is 0. The lowest BCUT2D eigenvalue weighted by Crippen LogP contribution is -2.24. The van der Waals surface area contributed by atoms with Crippen molar-refractivity contribution >= 4 is 5.69 Å². The zero-order valence-electron chi connectivity index (χ0n) is 10.5. The number of non-ortho nitro benzene ring substituents is 1. The van der Waals surface area contributed by atoms with Crippen LogP contribution in [-0.4, -0.2) is 9.65 Å². The van der Waals surface area contributed by atoms with Crippen molar-refractivity contribution in [1.29, 1.82) is 0 Å². The second kappa shape index (κ2) is 4.44. The molecule has 0 amide bonds. The van der Waals surface area contributed by atoms with Gasteiger partial charge < -0.3 is 9.94 Å². The molecule has 20 heavy (non-hydrogen) atoms. The van der Waals surface area contributed by atoms with Gasteiger partial charge in [-0.05, 0) is 12.8 Å². The van der Waals surface area contributed by atoms with Gasteiger partial charge in [0.25, 0.3) is 17.6 Å². The fraction of sp³-hybridized carbons (Fsp3) is 0.231. The highest BCUT2D eigenvalue weighted by atomic mass is 16.6. The molecule has 1 aliphatic rings. The quantitative estimate of drug-likeness (QED) is 0.473. The Labute approximate surface area is 113 Å². The van der Waals surface area contributed by atoms with E-state index < -0.39 is 4.92 Å². The number of benzene rings is 1. The molecule has 0 saturated heterocycles. The third-order valence-electron chi connectivity index (χ3n) is 3.48. The molecule has 0 radical (unpaired) electrons. The standard InChI is InChI=1S/C13H11N3O4/c17-14-8-13(15(18)12-6-2-5-11(12)14)9-3-1-4-10(7-9)16(19)20/h1,3-4,7-8H,2,5-6H2. The second-order valence-corrected chi connectivity index (χ2v) is 4.69. The average Bonchev–Trinajstić information content (AvgIpc) is 2.93. The first kappa shape index (κ1) is 12.3. The summed E-state index contributed by atoms with van der Waals surface area (Å²) >= 11 is 0. The molecule has 7 nitrogen and oxygen atoms in total. The van der Waals surface area contributed by atoms with Crippen molar-refractivity contribution in [2.24, 2.45) is 0 Å². The Balaban J connectivity index is 2.21. The number of nitro groups is 1. The molecule has 0 aliphatic heterocycles. The molecule has 1 aromatic heterocycles. The third-order valence-corrected chi connectivity index (χ3v) is 3.48. The van der Waals surface area contributed by atoms with Crippen molar-refractivity contribution < 1.29 is 9.35 Å². The van der Waals surface area contributed by atoms with Crippen LogP contribution in [0.15, 0.2) is 30.5 Å². The number of nitrogens with zero attached hydrogens (tertiary/aromatic N) is 3. The lowest BCUT2D eigenvalue weighted by atomic mass is 10.1. The van der Waals surface area contributed by atoms with Gasteiger partial charge in [0.1, 0.15) is 5.69 Å². The smallest absolute Gasteiger partial charge is 0.270 e. The van der Waals surface area contributed by atoms with Gasteiger partial charge in [-0.2, -0.15) is 0 Å². The van der Waals surface area contributed by atoms with Gasteiger partial charge in [-0.25, -0.2) is 0 Å². The second-order valence-electron chi connectivity index (χ2n) is 4.69. The maximum absolute atomic E-state index is 12.3. The highest BCUT2D eigenvalue weighted by molar-refractivity contribution is 5.62. The maximum atomic E-state index is 12.3. The molecule has 0 bridgehead atoms. The lowest BCUT2D eigenvalue weighted by Gasteiger charge is -2.18. The zero-order chi connectivity index (χ0) is 14.3. The van der Waals surface area contributed by atoms with Gasteiger partial charge >= 0.3 is 0 Å². The number of hydrogen-bond donors (Lipinski definition) is 0. The van der Waals surface area contributed by atoms with Crippen molar-refractivity contribution in [1.82, 2.24) is 4.73 Å². The van der Waals surface area contributed by atoms with Crippen LogP contribution >= 0.6 is 0 Å². The first-order valence-electron chi connectivity index (χ1n) is 6.20. The van der Waals surface area contributed by atoms with E-state index >= 15 is 0 Å². The predicted octanol–water partition coefficient (Wildman–Crippen LogP) is 1.81. The van der Waals surface area contributed by atoms with Gasteiger partial charge in [0.2, 0.25) is 0 Å². The maximum Gasteiger partial charge on any atom is 0.270 e. The Morgan fingerprint density at radius 3 is 2.85 bits per heavy atom. The molecule has 0 saturated carbocycles. The Morgan fingerprint density at radius 2 is 2.10 bits per heavy atom. The Hall–Kier alpha value is -2.70. The van der Waals surface area contributed by atoms with Crippen molar-refractivity contribution in [2.75, 3.05) is 0 Å². The van der Waals surface area contributed by atoms with Gasteiger partial charge in [-0.1, -0.05) is 12.1 Å². The highest BCUT2D eigenvalue weighted by Gasteiger charge is 2.25. The van der Waals surface area contributed by atoms with Crippen LogP contribution in [0, 0.1) is 20.2 Å². The van der Waals surface area contributed by atoms with Crippen LogP contribution in [0.1, 0.15) is 17.8 Å². The van der Waals surface area contributed by atoms with E-state index in [1.165, 1.54) is 24.4 Å². The van der Waals surface area contributed by atoms with Gasteiger partial charge in [-0.3, -0.25) is 10.1 Å². The molecule has 7 heteroatoms. The normalized spacial score (nSPS) is 13.2. The van der Waals surface area contributed by atoms with Gasteiger partial charge in [0, 0.05) is 29.0 Å². The first-order chi connectivity index (χ1) is 9.58. The molecule has 0 fully saturated rings. The first-order valence-corrected chi connectivity index (χ1v) is 6.20. The molecule has 102 valence electrons. The summed E-state index contributed by atoms with van der Waals surface area (Å²) in [4.78, 5) is 22.2. The number of rotatable bonds is 2. The van der Waals surface area contributed by atoms with E-state index in [0.29, 0.717) is 34.2 Å². The molecular formula is C13H11N3O4. The van der Waals surface area contributed by atoms with Gasteiger partial charge in [0.15, 0.2) is 0 Å². The van der Waals surface area contributed by atoms with E-state index in [1.54, 1.807) is 6.07 Å². The largest absolute Gasteiger partial charge is 0.805 e. The van der Waals surface area contributed by atoms with E-state index in [1.807, 2.05) is 0 Å². The van der Waals surface area contributed by atoms with Gasteiger partial charge in [-0.15, -0.1) is 0 Å². The molecule has 0 N–H and O–H groups in total. The van der Waals surface area contributed by atoms with Crippen LogP contribution < -0.4 is 4.43 Å². The Kier molecular flexibility index (Phi) is 2.74. The SMILES string of the molecule is O=[N+]([O-])c1cccc(-c2c[n+](=O)c3c(n2[O-])CCC3)c1. The molecule has 1 heterocycles. The fourth-order valence-electron chi connectivity index (χ4n) is 2.53. The van der Waals surface area contributed by atoms with Crippen molar-refractivity contribution in [3.63, 3.8) is 0 Å². The summed E-state index contributed by atoms with van der Waals surface area (Å²) in [6.45, 7) is 0. The van der Waals surface area contributed by atoms with Crippen LogP contribution in [0.5, 0.6) is 0 Å². The van der Waals surface area contributed by atoms with Crippen LogP contribution in [-0.2, 0) is 12.8 Å². The fourth-order valence-corrected chi connectivity index (χ4v) is 2.53. The van der Waals surface area contributed by atoms with E-state index in [9.17, 15) is 20.2 Å². The van der Waals surface area contributed by atoms with Crippen molar-refractivity contribution in [3.8, 4) is 11.3 Å². The summed E-state index contributed by atoms with van der Waals surface area (Å²) in [7, 11) is 0. The summed E-state index contributed by atoms with van der Waals surface area (Å²) < 4.78 is 1.42. The Morgan fingerprint density at radius 1 is 1.30 bits per heavy atom. The molecule has 1 aromatic carbocycles. The predicted molar refractivity (Wildman–Crippen MR) is 70.7 cm³/mol. The van der Waals surface area contributed by atoms with Crippen LogP contribution in [0.4, 0.5) is 5.69 Å².